The maximum atomic E-state index is 13.7. The second kappa shape index (κ2) is 6.81. The predicted molar refractivity (Wildman–Crippen MR) is 89.9 cm³/mol. The van der Waals surface area contributed by atoms with Gasteiger partial charge in [-0.25, -0.2) is 17.2 Å². The van der Waals surface area contributed by atoms with Crippen LogP contribution < -0.4 is 4.72 Å². The van der Waals surface area contributed by atoms with E-state index in [1.807, 2.05) is 12.1 Å². The molecule has 0 aliphatic rings. The van der Waals surface area contributed by atoms with Crippen LogP contribution in [0.3, 0.4) is 0 Å². The highest BCUT2D eigenvalue weighted by Gasteiger charge is 2.20. The summed E-state index contributed by atoms with van der Waals surface area (Å²) in [6, 6.07) is 9.32. The van der Waals surface area contributed by atoms with E-state index in [0.29, 0.717) is 17.6 Å². The normalized spacial score (nSPS) is 11.5. The van der Waals surface area contributed by atoms with Gasteiger partial charge in [0.15, 0.2) is 0 Å². The molecule has 130 valence electrons. The number of anilines is 1. The molecule has 5 nitrogen and oxygen atoms in total. The zero-order valence-electron chi connectivity index (χ0n) is 12.7. The van der Waals surface area contributed by atoms with Crippen LogP contribution in [-0.4, -0.2) is 18.2 Å². The number of hydrogen-bond acceptors (Lipinski definition) is 3. The van der Waals surface area contributed by atoms with Crippen LogP contribution in [0.1, 0.15) is 5.56 Å². The molecule has 0 saturated carbocycles. The van der Waals surface area contributed by atoms with Crippen molar-refractivity contribution in [1.82, 2.24) is 9.78 Å². The van der Waals surface area contributed by atoms with E-state index in [9.17, 15) is 17.2 Å². The topological polar surface area (TPSA) is 64.0 Å². The largest absolute Gasteiger partial charge is 0.276 e. The molecule has 0 unspecified atom stereocenters. The van der Waals surface area contributed by atoms with E-state index in [0.717, 1.165) is 17.7 Å². The molecule has 0 fully saturated rings. The fourth-order valence-electron chi connectivity index (χ4n) is 2.17. The van der Waals surface area contributed by atoms with Gasteiger partial charge in [-0.1, -0.05) is 23.7 Å². The molecule has 1 N–H and O–H groups in total. The zero-order chi connectivity index (χ0) is 18.0. The van der Waals surface area contributed by atoms with E-state index < -0.39 is 26.6 Å². The third kappa shape index (κ3) is 4.15. The summed E-state index contributed by atoms with van der Waals surface area (Å²) in [7, 11) is -4.27. The highest BCUT2D eigenvalue weighted by atomic mass is 35.5. The van der Waals surface area contributed by atoms with Crippen molar-refractivity contribution in [3.05, 3.63) is 77.1 Å². The average Bonchev–Trinajstić information content (AvgIpc) is 2.98. The number of sulfonamides is 1. The summed E-state index contributed by atoms with van der Waals surface area (Å²) >= 11 is 5.82. The number of nitrogens with one attached hydrogen (secondary N) is 1. The Morgan fingerprint density at radius 1 is 1.12 bits per heavy atom. The lowest BCUT2D eigenvalue weighted by molar-refractivity contribution is 0.555. The van der Waals surface area contributed by atoms with Crippen LogP contribution in [0.4, 0.5) is 14.5 Å². The molecule has 3 rings (SSSR count). The predicted octanol–water partition coefficient (Wildman–Crippen LogP) is 3.66. The Hall–Kier alpha value is -2.45. The molecule has 0 amide bonds. The third-order valence-electron chi connectivity index (χ3n) is 3.33. The van der Waals surface area contributed by atoms with Crippen LogP contribution in [0, 0.1) is 11.6 Å². The van der Waals surface area contributed by atoms with Crippen molar-refractivity contribution in [2.45, 2.75) is 11.4 Å². The number of nitrogens with zero attached hydrogens (tertiary/aromatic N) is 2. The highest BCUT2D eigenvalue weighted by Crippen LogP contribution is 2.20. The minimum Gasteiger partial charge on any atom is -0.276 e. The molecule has 0 radical (unpaired) electrons. The Kier molecular flexibility index (Phi) is 4.73. The lowest BCUT2D eigenvalue weighted by atomic mass is 10.2. The average molecular weight is 384 g/mol. The van der Waals surface area contributed by atoms with Crippen molar-refractivity contribution in [2.24, 2.45) is 0 Å². The van der Waals surface area contributed by atoms with Gasteiger partial charge in [0.05, 0.1) is 18.4 Å². The lowest BCUT2D eigenvalue weighted by Crippen LogP contribution is -2.14. The molecule has 1 heterocycles. The van der Waals surface area contributed by atoms with Crippen LogP contribution >= 0.6 is 11.6 Å². The van der Waals surface area contributed by atoms with Crippen LogP contribution in [0.5, 0.6) is 0 Å². The highest BCUT2D eigenvalue weighted by molar-refractivity contribution is 7.92. The molecule has 0 spiro atoms. The quantitative estimate of drug-likeness (QED) is 0.731. The molecule has 25 heavy (non-hydrogen) atoms. The summed E-state index contributed by atoms with van der Waals surface area (Å²) in [6.07, 6.45) is 2.73. The monoisotopic (exact) mass is 383 g/mol. The van der Waals surface area contributed by atoms with E-state index in [2.05, 4.69) is 9.82 Å². The third-order valence-corrected chi connectivity index (χ3v) is 4.97. The smallest absolute Gasteiger partial charge is 0.265 e. The Morgan fingerprint density at radius 3 is 2.56 bits per heavy atom. The second-order valence-electron chi connectivity index (χ2n) is 5.23. The van der Waals surface area contributed by atoms with Gasteiger partial charge in [-0.05, 0) is 35.9 Å². The number of halogens is 3. The molecular formula is C16H12ClF2N3O2S. The van der Waals surface area contributed by atoms with Gasteiger partial charge in [0.1, 0.15) is 16.5 Å². The summed E-state index contributed by atoms with van der Waals surface area (Å²) in [5.41, 5.74) is 1.05. The Labute approximate surface area is 147 Å². The number of hydrogen-bond donors (Lipinski definition) is 1. The van der Waals surface area contributed by atoms with Crippen LogP contribution in [0.25, 0.3) is 0 Å². The fourth-order valence-corrected chi connectivity index (χ4v) is 3.42. The first-order valence-corrected chi connectivity index (χ1v) is 8.94. The molecule has 0 aliphatic carbocycles. The van der Waals surface area contributed by atoms with E-state index in [-0.39, 0.29) is 5.69 Å². The van der Waals surface area contributed by atoms with Gasteiger partial charge >= 0.3 is 0 Å². The van der Waals surface area contributed by atoms with Gasteiger partial charge in [0, 0.05) is 11.2 Å². The molecule has 0 saturated heterocycles. The van der Waals surface area contributed by atoms with Gasteiger partial charge in [-0.3, -0.25) is 9.40 Å². The Balaban J connectivity index is 1.78. The van der Waals surface area contributed by atoms with E-state index in [1.54, 1.807) is 12.1 Å². The number of benzene rings is 2. The Bertz CT molecular complexity index is 1000. The molecule has 9 heteroatoms. The second-order valence-corrected chi connectivity index (χ2v) is 7.32. The van der Waals surface area contributed by atoms with Crippen molar-refractivity contribution in [3.8, 4) is 0 Å². The first-order chi connectivity index (χ1) is 11.8. The van der Waals surface area contributed by atoms with E-state index in [1.165, 1.54) is 17.1 Å². The molecule has 2 aromatic carbocycles. The minimum absolute atomic E-state index is 0.137. The van der Waals surface area contributed by atoms with E-state index in [4.69, 9.17) is 11.6 Å². The van der Waals surface area contributed by atoms with Gasteiger partial charge in [-0.2, -0.15) is 5.10 Å². The maximum Gasteiger partial charge on any atom is 0.265 e. The Morgan fingerprint density at radius 2 is 1.84 bits per heavy atom. The van der Waals surface area contributed by atoms with Crippen molar-refractivity contribution in [3.63, 3.8) is 0 Å². The summed E-state index contributed by atoms with van der Waals surface area (Å²) in [6.45, 7) is 0.396. The van der Waals surface area contributed by atoms with Crippen LogP contribution in [0.15, 0.2) is 59.8 Å². The lowest BCUT2D eigenvalue weighted by Gasteiger charge is -2.07. The molecule has 3 aromatic rings. The van der Waals surface area contributed by atoms with Crippen molar-refractivity contribution >= 4 is 27.3 Å². The molecule has 1 aromatic heterocycles. The summed E-state index contributed by atoms with van der Waals surface area (Å²) in [5.74, 6) is -1.89. The van der Waals surface area contributed by atoms with E-state index >= 15 is 0 Å². The van der Waals surface area contributed by atoms with Gasteiger partial charge < -0.3 is 0 Å². The summed E-state index contributed by atoms with van der Waals surface area (Å²) < 4.78 is 55.0. The van der Waals surface area contributed by atoms with Crippen LogP contribution in [-0.2, 0) is 16.6 Å². The first-order valence-electron chi connectivity index (χ1n) is 7.08. The number of rotatable bonds is 5. The fraction of sp³-hybridized carbons (Fsp3) is 0.0625. The van der Waals surface area contributed by atoms with Gasteiger partial charge in [-0.15, -0.1) is 0 Å². The maximum absolute atomic E-state index is 13.7. The number of aromatic nitrogens is 2. The minimum atomic E-state index is -4.27. The van der Waals surface area contributed by atoms with Gasteiger partial charge in [0.25, 0.3) is 10.0 Å². The zero-order valence-corrected chi connectivity index (χ0v) is 14.2. The molecule has 0 bridgehead atoms. The van der Waals surface area contributed by atoms with Crippen molar-refractivity contribution < 1.29 is 17.2 Å². The molecule has 0 aliphatic heterocycles. The van der Waals surface area contributed by atoms with Crippen molar-refractivity contribution in [1.29, 1.82) is 0 Å². The summed E-state index contributed by atoms with van der Waals surface area (Å²) in [4.78, 5) is -0.766. The van der Waals surface area contributed by atoms with Crippen LogP contribution in [0.2, 0.25) is 5.02 Å². The first kappa shape index (κ1) is 17.4. The SMILES string of the molecule is O=S(=O)(Nc1cnn(Cc2ccc(Cl)cc2)c1)c1cc(F)ccc1F. The standard InChI is InChI=1S/C16H12ClF2N3O2S/c17-12-3-1-11(2-4-12)9-22-10-14(8-20-22)21-25(23,24)16-7-13(18)5-6-15(16)19/h1-8,10,21H,9H2. The van der Waals surface area contributed by atoms with Crippen molar-refractivity contribution in [2.75, 3.05) is 4.72 Å². The van der Waals surface area contributed by atoms with Gasteiger partial charge in [0.2, 0.25) is 0 Å². The molecular weight excluding hydrogens is 372 g/mol. The summed E-state index contributed by atoms with van der Waals surface area (Å²) in [5, 5.41) is 4.65. The molecule has 0 atom stereocenters.